The van der Waals surface area contributed by atoms with Crippen LogP contribution in [0.15, 0.2) is 47.6 Å². The molecule has 2 fully saturated rings. The first-order valence-corrected chi connectivity index (χ1v) is 11.7. The molecule has 1 aromatic carbocycles. The van der Waals surface area contributed by atoms with Crippen molar-refractivity contribution in [2.24, 2.45) is 4.99 Å². The molecular weight excluding hydrogens is 383 g/mol. The summed E-state index contributed by atoms with van der Waals surface area (Å²) in [5.74, 6) is 0.899. The lowest BCUT2D eigenvalue weighted by molar-refractivity contribution is 0.250. The Balaban J connectivity index is 1.52. The van der Waals surface area contributed by atoms with Gasteiger partial charge in [0.05, 0.1) is 11.7 Å². The highest BCUT2D eigenvalue weighted by Crippen LogP contribution is 2.49. The number of piperidine rings is 1. The van der Waals surface area contributed by atoms with Crippen LogP contribution in [-0.4, -0.2) is 39.9 Å². The van der Waals surface area contributed by atoms with E-state index in [1.54, 1.807) is 24.0 Å². The second kappa shape index (κ2) is 7.98. The summed E-state index contributed by atoms with van der Waals surface area (Å²) in [5.41, 5.74) is 2.65. The molecule has 2 saturated heterocycles. The number of aliphatic imine (C=N–C) groups is 1. The lowest BCUT2D eigenvalue weighted by Crippen LogP contribution is -2.36. The monoisotopic (exact) mass is 410 g/mol. The molecule has 0 spiro atoms. The van der Waals surface area contributed by atoms with Gasteiger partial charge in [-0.2, -0.15) is 0 Å². The van der Waals surface area contributed by atoms with Gasteiger partial charge < -0.3 is 9.80 Å². The number of benzene rings is 1. The first kappa shape index (κ1) is 18.9. The molecule has 0 aliphatic carbocycles. The maximum Gasteiger partial charge on any atom is 0.160 e. The Bertz CT molecular complexity index is 897. The SMILES string of the molecule is CC[C@@H]1CSC2=N[C@H](c3ccccn3)[C@H](c3ccc(N4CCCCC4)cc3F)N21. The Labute approximate surface area is 176 Å². The van der Waals surface area contributed by atoms with E-state index in [2.05, 4.69) is 27.8 Å². The Morgan fingerprint density at radius 3 is 2.72 bits per heavy atom. The zero-order valence-electron chi connectivity index (χ0n) is 16.8. The van der Waals surface area contributed by atoms with Crippen LogP contribution < -0.4 is 4.90 Å². The van der Waals surface area contributed by atoms with Gasteiger partial charge in [0, 0.05) is 42.3 Å². The van der Waals surface area contributed by atoms with E-state index in [1.165, 1.54) is 19.3 Å². The highest BCUT2D eigenvalue weighted by Gasteiger charge is 2.46. The lowest BCUT2D eigenvalue weighted by Gasteiger charge is -2.33. The molecule has 4 heterocycles. The fourth-order valence-corrected chi connectivity index (χ4v) is 6.13. The molecule has 5 rings (SSSR count). The molecule has 2 aromatic rings. The quantitative estimate of drug-likeness (QED) is 0.694. The van der Waals surface area contributed by atoms with Gasteiger partial charge in [-0.3, -0.25) is 9.98 Å². The summed E-state index contributed by atoms with van der Waals surface area (Å²) in [4.78, 5) is 14.2. The zero-order chi connectivity index (χ0) is 19.8. The van der Waals surface area contributed by atoms with Crippen LogP contribution in [0.25, 0.3) is 0 Å². The topological polar surface area (TPSA) is 31.7 Å². The summed E-state index contributed by atoms with van der Waals surface area (Å²) >= 11 is 1.79. The fraction of sp³-hybridized carbons (Fsp3) is 0.478. The average molecular weight is 411 g/mol. The molecule has 4 nitrogen and oxygen atoms in total. The van der Waals surface area contributed by atoms with Crippen molar-refractivity contribution in [1.29, 1.82) is 0 Å². The minimum atomic E-state index is -0.164. The van der Waals surface area contributed by atoms with Crippen LogP contribution in [0.1, 0.15) is 55.9 Å². The Kier molecular flexibility index (Phi) is 5.20. The van der Waals surface area contributed by atoms with Gasteiger partial charge in [0.1, 0.15) is 11.9 Å². The van der Waals surface area contributed by atoms with E-state index in [1.807, 2.05) is 24.3 Å². The van der Waals surface area contributed by atoms with E-state index in [4.69, 9.17) is 4.99 Å². The van der Waals surface area contributed by atoms with Crippen molar-refractivity contribution in [3.8, 4) is 0 Å². The van der Waals surface area contributed by atoms with E-state index < -0.39 is 0 Å². The molecule has 0 saturated carbocycles. The standard InChI is InChI=1S/C23H27FN4S/c1-2-16-15-29-23-26-21(20-8-4-5-11-25-20)22(28(16)23)18-10-9-17(14-19(18)24)27-12-6-3-7-13-27/h4-5,8-11,14,16,21-22H,2-3,6-7,12-13,15H2,1H3/t16-,21-,22+/m1/s1. The number of thioether (sulfide) groups is 1. The summed E-state index contributed by atoms with van der Waals surface area (Å²) in [6.07, 6.45) is 6.49. The van der Waals surface area contributed by atoms with Gasteiger partial charge in [-0.05, 0) is 49.9 Å². The maximum absolute atomic E-state index is 15.5. The second-order valence-electron chi connectivity index (χ2n) is 8.09. The van der Waals surface area contributed by atoms with Crippen molar-refractivity contribution in [1.82, 2.24) is 9.88 Å². The van der Waals surface area contributed by atoms with Crippen LogP contribution in [-0.2, 0) is 0 Å². The number of nitrogens with zero attached hydrogens (tertiary/aromatic N) is 4. The summed E-state index contributed by atoms with van der Waals surface area (Å²) in [7, 11) is 0. The number of rotatable bonds is 4. The summed E-state index contributed by atoms with van der Waals surface area (Å²) in [6, 6.07) is 11.8. The second-order valence-corrected chi connectivity index (χ2v) is 9.08. The molecule has 3 aliphatic heterocycles. The molecule has 0 bridgehead atoms. The number of hydrogen-bond donors (Lipinski definition) is 0. The van der Waals surface area contributed by atoms with E-state index in [-0.39, 0.29) is 17.9 Å². The average Bonchev–Trinajstić information content (AvgIpc) is 3.34. The minimum absolute atomic E-state index is 0.123. The number of aromatic nitrogens is 1. The van der Waals surface area contributed by atoms with Crippen molar-refractivity contribution in [3.63, 3.8) is 0 Å². The maximum atomic E-state index is 15.5. The Morgan fingerprint density at radius 2 is 2.00 bits per heavy atom. The normalized spacial score (nSPS) is 26.6. The number of amidine groups is 1. The smallest absolute Gasteiger partial charge is 0.160 e. The van der Waals surface area contributed by atoms with Gasteiger partial charge in [0.2, 0.25) is 0 Å². The zero-order valence-corrected chi connectivity index (χ0v) is 17.6. The van der Waals surface area contributed by atoms with Crippen LogP contribution in [0.2, 0.25) is 0 Å². The van der Waals surface area contributed by atoms with Crippen LogP contribution in [0.5, 0.6) is 0 Å². The first-order chi connectivity index (χ1) is 14.3. The van der Waals surface area contributed by atoms with Gasteiger partial charge in [-0.25, -0.2) is 4.39 Å². The predicted molar refractivity (Wildman–Crippen MR) is 118 cm³/mol. The van der Waals surface area contributed by atoms with Crippen molar-refractivity contribution in [2.45, 2.75) is 50.7 Å². The Morgan fingerprint density at radius 1 is 1.14 bits per heavy atom. The predicted octanol–water partition coefficient (Wildman–Crippen LogP) is 5.19. The lowest BCUT2D eigenvalue weighted by atomic mass is 9.94. The summed E-state index contributed by atoms with van der Waals surface area (Å²) in [5, 5.41) is 1.04. The molecule has 0 radical (unpaired) electrons. The van der Waals surface area contributed by atoms with Gasteiger partial charge in [-0.15, -0.1) is 0 Å². The molecule has 3 atom stereocenters. The molecule has 0 amide bonds. The number of halogens is 1. The molecule has 0 N–H and O–H groups in total. The molecule has 3 aliphatic rings. The van der Waals surface area contributed by atoms with Gasteiger partial charge in [0.25, 0.3) is 0 Å². The van der Waals surface area contributed by atoms with Crippen molar-refractivity contribution >= 4 is 22.6 Å². The fourth-order valence-electron chi connectivity index (χ4n) is 4.79. The van der Waals surface area contributed by atoms with Crippen molar-refractivity contribution in [2.75, 3.05) is 23.7 Å². The molecular formula is C23H27FN4S. The van der Waals surface area contributed by atoms with E-state index in [9.17, 15) is 0 Å². The van der Waals surface area contributed by atoms with Gasteiger partial charge in [0.15, 0.2) is 5.17 Å². The molecule has 6 heteroatoms. The molecule has 29 heavy (non-hydrogen) atoms. The first-order valence-electron chi connectivity index (χ1n) is 10.7. The molecule has 1 aromatic heterocycles. The van der Waals surface area contributed by atoms with Gasteiger partial charge >= 0.3 is 0 Å². The van der Waals surface area contributed by atoms with Crippen molar-refractivity contribution < 1.29 is 4.39 Å². The number of hydrogen-bond acceptors (Lipinski definition) is 5. The van der Waals surface area contributed by atoms with Gasteiger partial charge in [-0.1, -0.05) is 30.8 Å². The molecule has 152 valence electrons. The third-order valence-electron chi connectivity index (χ3n) is 6.35. The third kappa shape index (κ3) is 3.41. The number of anilines is 1. The summed E-state index contributed by atoms with van der Waals surface area (Å²) < 4.78 is 15.5. The van der Waals surface area contributed by atoms with E-state index in [0.29, 0.717) is 6.04 Å². The summed E-state index contributed by atoms with van der Waals surface area (Å²) in [6.45, 7) is 4.24. The van der Waals surface area contributed by atoms with Crippen LogP contribution >= 0.6 is 11.8 Å². The number of fused-ring (bicyclic) bond motifs is 1. The van der Waals surface area contributed by atoms with E-state index in [0.717, 1.165) is 47.4 Å². The van der Waals surface area contributed by atoms with E-state index >= 15 is 4.39 Å². The minimum Gasteiger partial charge on any atom is -0.371 e. The highest BCUT2D eigenvalue weighted by atomic mass is 32.2. The van der Waals surface area contributed by atoms with Crippen LogP contribution in [0.3, 0.4) is 0 Å². The third-order valence-corrected chi connectivity index (χ3v) is 7.48. The highest BCUT2D eigenvalue weighted by molar-refractivity contribution is 8.14. The van der Waals surface area contributed by atoms with Crippen molar-refractivity contribution in [3.05, 3.63) is 59.7 Å². The molecule has 0 unspecified atom stereocenters. The Hall–Kier alpha value is -2.08. The largest absolute Gasteiger partial charge is 0.371 e. The number of pyridine rings is 1. The van der Waals surface area contributed by atoms with Crippen LogP contribution in [0.4, 0.5) is 10.1 Å². The van der Waals surface area contributed by atoms with Crippen LogP contribution in [0, 0.1) is 5.82 Å².